The summed E-state index contributed by atoms with van der Waals surface area (Å²) in [5, 5.41) is 3.46. The summed E-state index contributed by atoms with van der Waals surface area (Å²) in [5.74, 6) is 2.66. The van der Waals surface area contributed by atoms with Gasteiger partial charge < -0.3 is 14.5 Å². The molecule has 0 aromatic carbocycles. The van der Waals surface area contributed by atoms with Crippen molar-refractivity contribution < 1.29 is 9.15 Å². The topological polar surface area (TPSA) is 34.4 Å². The number of unbranched alkanes of at least 4 members (excludes halogenated alkanes) is 1. The Morgan fingerprint density at radius 2 is 2.10 bits per heavy atom. The number of ether oxygens (including phenoxy) is 1. The minimum absolute atomic E-state index is 0.603. The fourth-order valence-corrected chi connectivity index (χ4v) is 2.35. The lowest BCUT2D eigenvalue weighted by molar-refractivity contribution is 0.0702. The molecule has 0 bridgehead atoms. The van der Waals surface area contributed by atoms with Gasteiger partial charge in [-0.25, -0.2) is 0 Å². The lowest BCUT2D eigenvalue weighted by atomic mass is 10.0. The van der Waals surface area contributed by atoms with Gasteiger partial charge in [-0.05, 0) is 37.3 Å². The lowest BCUT2D eigenvalue weighted by Crippen LogP contribution is -2.14. The molecule has 1 aromatic heterocycles. The summed E-state index contributed by atoms with van der Waals surface area (Å²) in [6.07, 6.45) is 7.68. The van der Waals surface area contributed by atoms with Crippen molar-refractivity contribution in [3.8, 4) is 0 Å². The summed E-state index contributed by atoms with van der Waals surface area (Å²) in [5.41, 5.74) is 0. The molecule has 20 heavy (non-hydrogen) atoms. The van der Waals surface area contributed by atoms with Gasteiger partial charge in [0.05, 0.1) is 6.54 Å². The molecular formula is C17H29NO2. The van der Waals surface area contributed by atoms with Crippen molar-refractivity contribution in [3.05, 3.63) is 23.7 Å². The van der Waals surface area contributed by atoms with Crippen molar-refractivity contribution in [1.29, 1.82) is 0 Å². The normalized spacial score (nSPS) is 16.5. The largest absolute Gasteiger partial charge is 0.462 e. The van der Waals surface area contributed by atoms with Crippen LogP contribution in [0.4, 0.5) is 0 Å². The molecule has 0 aliphatic heterocycles. The van der Waals surface area contributed by atoms with E-state index in [4.69, 9.17) is 9.15 Å². The highest BCUT2D eigenvalue weighted by atomic mass is 16.5. The summed E-state index contributed by atoms with van der Waals surface area (Å²) in [6.45, 7) is 6.80. The van der Waals surface area contributed by atoms with Gasteiger partial charge in [-0.15, -0.1) is 0 Å². The van der Waals surface area contributed by atoms with Crippen LogP contribution >= 0.6 is 0 Å². The molecule has 2 rings (SSSR count). The molecule has 3 heteroatoms. The predicted molar refractivity (Wildman–Crippen MR) is 81.5 cm³/mol. The summed E-state index contributed by atoms with van der Waals surface area (Å²) in [7, 11) is 0. The molecule has 1 fully saturated rings. The first-order valence-corrected chi connectivity index (χ1v) is 8.20. The third-order valence-corrected chi connectivity index (χ3v) is 4.00. The molecule has 1 atom stereocenters. The van der Waals surface area contributed by atoms with E-state index in [0.717, 1.165) is 30.7 Å². The van der Waals surface area contributed by atoms with Crippen LogP contribution in [0.5, 0.6) is 0 Å². The highest BCUT2D eigenvalue weighted by Crippen LogP contribution is 2.20. The van der Waals surface area contributed by atoms with Crippen molar-refractivity contribution in [1.82, 2.24) is 5.32 Å². The average Bonchev–Trinajstić information content (AvgIpc) is 3.19. The average molecular weight is 279 g/mol. The van der Waals surface area contributed by atoms with E-state index in [0.29, 0.717) is 12.5 Å². The first-order valence-electron chi connectivity index (χ1n) is 8.20. The molecule has 1 N–H and O–H groups in total. The Hall–Kier alpha value is -0.800. The molecule has 0 saturated heterocycles. The molecule has 1 aromatic rings. The van der Waals surface area contributed by atoms with Crippen molar-refractivity contribution >= 4 is 0 Å². The Morgan fingerprint density at radius 1 is 1.30 bits per heavy atom. The molecule has 114 valence electrons. The van der Waals surface area contributed by atoms with E-state index in [2.05, 4.69) is 25.2 Å². The molecule has 0 radical (unpaired) electrons. The standard InChI is InChI=1S/C17H29NO2/c1-3-5-6-14(4-2)12-19-13-17-10-9-16(20-17)11-18-15-7-8-15/h9-10,14-15,18H,3-8,11-13H2,1-2H3. The van der Waals surface area contributed by atoms with E-state index in [1.54, 1.807) is 0 Å². The maximum atomic E-state index is 5.81. The maximum absolute atomic E-state index is 5.81. The number of hydrogen-bond donors (Lipinski definition) is 1. The van der Waals surface area contributed by atoms with Gasteiger partial charge in [-0.1, -0.05) is 33.1 Å². The Morgan fingerprint density at radius 3 is 2.80 bits per heavy atom. The molecule has 1 saturated carbocycles. The maximum Gasteiger partial charge on any atom is 0.129 e. The zero-order valence-electron chi connectivity index (χ0n) is 13.0. The Kier molecular flexibility index (Phi) is 6.61. The zero-order chi connectivity index (χ0) is 14.2. The monoisotopic (exact) mass is 279 g/mol. The smallest absolute Gasteiger partial charge is 0.129 e. The highest BCUT2D eigenvalue weighted by molar-refractivity contribution is 5.06. The molecule has 0 spiro atoms. The molecular weight excluding hydrogens is 250 g/mol. The van der Waals surface area contributed by atoms with Crippen LogP contribution in [0.3, 0.4) is 0 Å². The third kappa shape index (κ3) is 5.68. The van der Waals surface area contributed by atoms with Crippen LogP contribution in [0.15, 0.2) is 16.5 Å². The molecule has 1 aliphatic rings. The van der Waals surface area contributed by atoms with Crippen molar-refractivity contribution in [2.24, 2.45) is 5.92 Å². The number of rotatable bonds is 11. The fourth-order valence-electron chi connectivity index (χ4n) is 2.35. The third-order valence-electron chi connectivity index (χ3n) is 4.00. The summed E-state index contributed by atoms with van der Waals surface area (Å²) in [4.78, 5) is 0. The van der Waals surface area contributed by atoms with Gasteiger partial charge in [0.25, 0.3) is 0 Å². The van der Waals surface area contributed by atoms with E-state index in [1.807, 2.05) is 6.07 Å². The van der Waals surface area contributed by atoms with E-state index >= 15 is 0 Å². The number of hydrogen-bond acceptors (Lipinski definition) is 3. The molecule has 1 unspecified atom stereocenters. The van der Waals surface area contributed by atoms with Crippen molar-refractivity contribution in [2.75, 3.05) is 6.61 Å². The first-order chi connectivity index (χ1) is 9.81. The second-order valence-corrected chi connectivity index (χ2v) is 5.95. The quantitative estimate of drug-likeness (QED) is 0.657. The second-order valence-electron chi connectivity index (χ2n) is 5.95. The van der Waals surface area contributed by atoms with Crippen LogP contribution in [0, 0.1) is 5.92 Å². The Labute approximate surface area is 123 Å². The summed E-state index contributed by atoms with van der Waals surface area (Å²) < 4.78 is 11.6. The molecule has 1 heterocycles. The van der Waals surface area contributed by atoms with Gasteiger partial charge in [0.2, 0.25) is 0 Å². The minimum Gasteiger partial charge on any atom is -0.462 e. The van der Waals surface area contributed by atoms with Crippen molar-refractivity contribution in [2.45, 2.75) is 71.6 Å². The van der Waals surface area contributed by atoms with Gasteiger partial charge >= 0.3 is 0 Å². The van der Waals surface area contributed by atoms with Crippen LogP contribution < -0.4 is 5.32 Å². The van der Waals surface area contributed by atoms with E-state index < -0.39 is 0 Å². The Bertz CT molecular complexity index is 371. The van der Waals surface area contributed by atoms with Gasteiger partial charge in [0.1, 0.15) is 18.1 Å². The number of nitrogens with one attached hydrogen (secondary N) is 1. The van der Waals surface area contributed by atoms with Gasteiger partial charge in [0, 0.05) is 12.6 Å². The van der Waals surface area contributed by atoms with Gasteiger partial charge in [-0.3, -0.25) is 0 Å². The molecule has 3 nitrogen and oxygen atoms in total. The SMILES string of the molecule is CCCCC(CC)COCc1ccc(CNC2CC2)o1. The van der Waals surface area contributed by atoms with Crippen molar-refractivity contribution in [3.63, 3.8) is 0 Å². The van der Waals surface area contributed by atoms with Crippen LogP contribution in [0.1, 0.15) is 63.9 Å². The molecule has 1 aliphatic carbocycles. The minimum atomic E-state index is 0.603. The highest BCUT2D eigenvalue weighted by Gasteiger charge is 2.20. The van der Waals surface area contributed by atoms with Crippen LogP contribution in [0.2, 0.25) is 0 Å². The predicted octanol–water partition coefficient (Wildman–Crippen LogP) is 4.26. The van der Waals surface area contributed by atoms with Crippen LogP contribution in [0.25, 0.3) is 0 Å². The van der Waals surface area contributed by atoms with Gasteiger partial charge in [0.15, 0.2) is 0 Å². The lowest BCUT2D eigenvalue weighted by Gasteiger charge is -2.13. The van der Waals surface area contributed by atoms with Crippen LogP contribution in [-0.2, 0) is 17.9 Å². The fraction of sp³-hybridized carbons (Fsp3) is 0.765. The second kappa shape index (κ2) is 8.48. The summed E-state index contributed by atoms with van der Waals surface area (Å²) >= 11 is 0. The summed E-state index contributed by atoms with van der Waals surface area (Å²) in [6, 6.07) is 4.82. The van der Waals surface area contributed by atoms with E-state index in [-0.39, 0.29) is 0 Å². The Balaban J connectivity index is 1.62. The van der Waals surface area contributed by atoms with Gasteiger partial charge in [-0.2, -0.15) is 0 Å². The zero-order valence-corrected chi connectivity index (χ0v) is 13.0. The van der Waals surface area contributed by atoms with E-state index in [9.17, 15) is 0 Å². The van der Waals surface area contributed by atoms with E-state index in [1.165, 1.54) is 38.5 Å². The number of furan rings is 1. The first kappa shape index (κ1) is 15.6. The van der Waals surface area contributed by atoms with Crippen LogP contribution in [-0.4, -0.2) is 12.6 Å². The molecule has 0 amide bonds.